The van der Waals surface area contributed by atoms with Gasteiger partial charge in [0.25, 0.3) is 0 Å². The van der Waals surface area contributed by atoms with Crippen molar-refractivity contribution < 1.29 is 9.53 Å². The smallest absolute Gasteiger partial charge is 0.141 e. The molecule has 3 unspecified atom stereocenters. The molecule has 114 valence electrons. The average molecular weight is 288 g/mol. The molecule has 1 aromatic carbocycles. The fourth-order valence-corrected chi connectivity index (χ4v) is 4.03. The van der Waals surface area contributed by atoms with Gasteiger partial charge in [0.15, 0.2) is 0 Å². The number of carbonyl (C=O) groups excluding carboxylic acids is 1. The number of benzene rings is 1. The summed E-state index contributed by atoms with van der Waals surface area (Å²) in [5.41, 5.74) is 7.87. The quantitative estimate of drug-likeness (QED) is 0.866. The van der Waals surface area contributed by atoms with Crippen LogP contribution in [0.1, 0.15) is 44.2 Å². The summed E-state index contributed by atoms with van der Waals surface area (Å²) in [5.74, 6) is 1.26. The van der Waals surface area contributed by atoms with Gasteiger partial charge in [-0.15, -0.1) is 0 Å². The summed E-state index contributed by atoms with van der Waals surface area (Å²) in [7, 11) is 1.63. The summed E-state index contributed by atoms with van der Waals surface area (Å²) >= 11 is 0. The predicted molar refractivity (Wildman–Crippen MR) is 83.3 cm³/mol. The molecule has 0 amide bonds. The Morgan fingerprint density at radius 2 is 2.19 bits per heavy atom. The third-order valence-corrected chi connectivity index (χ3v) is 4.95. The van der Waals surface area contributed by atoms with Crippen LogP contribution in [-0.2, 0) is 4.79 Å². The second-order valence-corrected chi connectivity index (χ2v) is 6.19. The summed E-state index contributed by atoms with van der Waals surface area (Å²) in [6, 6.07) is 6.58. The molecule has 1 aliphatic carbocycles. The lowest BCUT2D eigenvalue weighted by Crippen LogP contribution is -2.54. The van der Waals surface area contributed by atoms with Gasteiger partial charge < -0.3 is 10.5 Å². The van der Waals surface area contributed by atoms with Crippen molar-refractivity contribution in [3.63, 3.8) is 0 Å². The summed E-state index contributed by atoms with van der Waals surface area (Å²) in [6.07, 6.45) is 4.01. The molecule has 3 atom stereocenters. The van der Waals surface area contributed by atoms with Crippen molar-refractivity contribution in [2.24, 2.45) is 5.92 Å². The molecule has 0 spiro atoms. The molecule has 4 nitrogen and oxygen atoms in total. The molecule has 4 rings (SSSR count). The Kier molecular flexibility index (Phi) is 3.89. The first-order valence-electron chi connectivity index (χ1n) is 7.87. The highest BCUT2D eigenvalue weighted by atomic mass is 16.5. The Hall–Kier alpha value is -1.55. The third kappa shape index (κ3) is 2.42. The number of piperidine rings is 2. The van der Waals surface area contributed by atoms with Gasteiger partial charge in [-0.3, -0.25) is 9.69 Å². The van der Waals surface area contributed by atoms with Crippen LogP contribution < -0.4 is 10.5 Å². The number of nitrogens with two attached hydrogens (primary N) is 1. The van der Waals surface area contributed by atoms with E-state index in [2.05, 4.69) is 17.9 Å². The number of anilines is 1. The second-order valence-electron chi connectivity index (χ2n) is 6.19. The summed E-state index contributed by atoms with van der Waals surface area (Å²) < 4.78 is 5.24. The first-order chi connectivity index (χ1) is 10.2. The normalized spacial score (nSPS) is 28.9. The van der Waals surface area contributed by atoms with Crippen LogP contribution in [0.3, 0.4) is 0 Å². The molecule has 4 heteroatoms. The van der Waals surface area contributed by atoms with Crippen molar-refractivity contribution in [1.29, 1.82) is 0 Å². The van der Waals surface area contributed by atoms with Crippen molar-refractivity contribution in [2.45, 2.75) is 44.7 Å². The minimum Gasteiger partial charge on any atom is -0.495 e. The molecule has 21 heavy (non-hydrogen) atoms. The Morgan fingerprint density at radius 1 is 1.38 bits per heavy atom. The van der Waals surface area contributed by atoms with Crippen molar-refractivity contribution >= 4 is 11.5 Å². The van der Waals surface area contributed by atoms with Crippen molar-refractivity contribution in [1.82, 2.24) is 4.90 Å². The number of nitrogens with zero attached hydrogens (tertiary/aromatic N) is 1. The number of carbonyl (C=O) groups is 1. The second kappa shape index (κ2) is 5.68. The maximum atomic E-state index is 12.3. The summed E-state index contributed by atoms with van der Waals surface area (Å²) in [5, 5.41) is 0. The van der Waals surface area contributed by atoms with Crippen LogP contribution in [0.25, 0.3) is 0 Å². The van der Waals surface area contributed by atoms with Gasteiger partial charge in [-0.1, -0.05) is 13.0 Å². The van der Waals surface area contributed by atoms with Crippen LogP contribution in [0.4, 0.5) is 5.69 Å². The molecular weight excluding hydrogens is 264 g/mol. The largest absolute Gasteiger partial charge is 0.495 e. The lowest BCUT2D eigenvalue weighted by atomic mass is 9.71. The van der Waals surface area contributed by atoms with E-state index in [0.29, 0.717) is 23.3 Å². The van der Waals surface area contributed by atoms with E-state index < -0.39 is 0 Å². The molecule has 2 heterocycles. The molecular formula is C17H24N2O2. The maximum Gasteiger partial charge on any atom is 0.141 e. The Morgan fingerprint density at radius 3 is 2.81 bits per heavy atom. The number of Topliss-reactive ketones (excluding diaryl/α,β-unsaturated/α-hetero) is 1. The van der Waals surface area contributed by atoms with Crippen LogP contribution in [0.15, 0.2) is 18.2 Å². The van der Waals surface area contributed by atoms with E-state index in [9.17, 15) is 4.79 Å². The number of hydrogen-bond donors (Lipinski definition) is 1. The number of fused-ring (bicyclic) bond motifs is 3. The summed E-state index contributed by atoms with van der Waals surface area (Å²) in [6.45, 7) is 3.24. The van der Waals surface area contributed by atoms with E-state index >= 15 is 0 Å². The fourth-order valence-electron chi connectivity index (χ4n) is 4.03. The van der Waals surface area contributed by atoms with Crippen molar-refractivity contribution in [3.8, 4) is 5.75 Å². The molecule has 0 radical (unpaired) electrons. The highest BCUT2D eigenvalue weighted by molar-refractivity contribution is 5.84. The lowest BCUT2D eigenvalue weighted by Gasteiger charge is -2.50. The molecule has 1 aromatic rings. The van der Waals surface area contributed by atoms with Gasteiger partial charge in [0, 0.05) is 24.4 Å². The standard InChI is InChI=1S/C17H24N2O2/c1-3-8-19-12-5-6-13(15(20)10-12)17(19)11-4-7-16(21-2)14(18)9-11/h4,7,9,12-13,17H,3,5-6,8,10,18H2,1-2H3. The van der Waals surface area contributed by atoms with Gasteiger partial charge >= 0.3 is 0 Å². The van der Waals surface area contributed by atoms with Crippen LogP contribution in [-0.4, -0.2) is 30.4 Å². The van der Waals surface area contributed by atoms with Crippen LogP contribution in [0.2, 0.25) is 0 Å². The number of hydrogen-bond acceptors (Lipinski definition) is 4. The maximum absolute atomic E-state index is 12.3. The molecule has 1 saturated carbocycles. The zero-order chi connectivity index (χ0) is 15.0. The highest BCUT2D eigenvalue weighted by Crippen LogP contribution is 2.46. The number of rotatable bonds is 4. The van der Waals surface area contributed by atoms with E-state index in [1.807, 2.05) is 12.1 Å². The van der Waals surface area contributed by atoms with E-state index in [0.717, 1.165) is 37.8 Å². The molecule has 2 N–H and O–H groups in total. The topological polar surface area (TPSA) is 55.6 Å². The monoisotopic (exact) mass is 288 g/mol. The number of nitrogen functional groups attached to an aromatic ring is 1. The zero-order valence-corrected chi connectivity index (χ0v) is 12.8. The number of ether oxygens (including phenoxy) is 1. The van der Waals surface area contributed by atoms with E-state index in [4.69, 9.17) is 10.5 Å². The van der Waals surface area contributed by atoms with E-state index in [1.54, 1.807) is 7.11 Å². The Balaban J connectivity index is 1.97. The molecule has 3 fully saturated rings. The van der Waals surface area contributed by atoms with Gasteiger partial charge in [-0.25, -0.2) is 0 Å². The van der Waals surface area contributed by atoms with E-state index in [-0.39, 0.29) is 12.0 Å². The molecule has 2 bridgehead atoms. The van der Waals surface area contributed by atoms with Gasteiger partial charge in [-0.05, 0) is 43.5 Å². The SMILES string of the molecule is CCCN1C2CCC(C(=O)C2)C1c1ccc(OC)c(N)c1. The first kappa shape index (κ1) is 14.4. The van der Waals surface area contributed by atoms with Gasteiger partial charge in [-0.2, -0.15) is 0 Å². The third-order valence-electron chi connectivity index (χ3n) is 4.95. The van der Waals surface area contributed by atoms with Crippen LogP contribution >= 0.6 is 0 Å². The fraction of sp³-hybridized carbons (Fsp3) is 0.588. The minimum absolute atomic E-state index is 0.134. The first-order valence-corrected chi connectivity index (χ1v) is 7.87. The van der Waals surface area contributed by atoms with Crippen LogP contribution in [0.5, 0.6) is 5.75 Å². The van der Waals surface area contributed by atoms with Crippen LogP contribution in [0, 0.1) is 5.92 Å². The minimum atomic E-state index is 0.134. The number of ketones is 1. The lowest BCUT2D eigenvalue weighted by molar-refractivity contribution is -0.138. The van der Waals surface area contributed by atoms with Crippen molar-refractivity contribution in [2.75, 3.05) is 19.4 Å². The molecule has 2 saturated heterocycles. The van der Waals surface area contributed by atoms with Gasteiger partial charge in [0.2, 0.25) is 0 Å². The molecule has 2 aliphatic heterocycles. The van der Waals surface area contributed by atoms with Crippen molar-refractivity contribution in [3.05, 3.63) is 23.8 Å². The van der Waals surface area contributed by atoms with Gasteiger partial charge in [0.05, 0.1) is 12.8 Å². The highest BCUT2D eigenvalue weighted by Gasteiger charge is 2.46. The van der Waals surface area contributed by atoms with E-state index in [1.165, 1.54) is 0 Å². The summed E-state index contributed by atoms with van der Waals surface area (Å²) in [4.78, 5) is 14.8. The molecule has 3 aliphatic rings. The van der Waals surface area contributed by atoms with Gasteiger partial charge in [0.1, 0.15) is 11.5 Å². The Bertz CT molecular complexity index is 544. The molecule has 0 aromatic heterocycles. The number of methoxy groups -OCH3 is 1. The average Bonchev–Trinajstić information content (AvgIpc) is 2.48. The zero-order valence-electron chi connectivity index (χ0n) is 12.8. The predicted octanol–water partition coefficient (Wildman–Crippen LogP) is 2.78. The Labute approximate surface area is 126 Å².